The number of nitrogens with zero attached hydrogens (tertiary/aromatic N) is 5. The van der Waals surface area contributed by atoms with Gasteiger partial charge in [0.15, 0.2) is 5.69 Å². The lowest BCUT2D eigenvalue weighted by Crippen LogP contribution is -2.36. The first kappa shape index (κ1) is 18.4. The summed E-state index contributed by atoms with van der Waals surface area (Å²) >= 11 is 1.47. The van der Waals surface area contributed by atoms with Crippen LogP contribution in [0.5, 0.6) is 0 Å². The number of hydrogen-bond acceptors (Lipinski definition) is 8. The van der Waals surface area contributed by atoms with E-state index in [-0.39, 0.29) is 24.1 Å². The van der Waals surface area contributed by atoms with Gasteiger partial charge in [-0.2, -0.15) is 0 Å². The second kappa shape index (κ2) is 6.86. The third-order valence-corrected chi connectivity index (χ3v) is 6.30. The van der Waals surface area contributed by atoms with E-state index in [0.29, 0.717) is 35.9 Å². The lowest BCUT2D eigenvalue weighted by molar-refractivity contribution is -0.118. The van der Waals surface area contributed by atoms with E-state index in [2.05, 4.69) is 14.7 Å². The van der Waals surface area contributed by atoms with Crippen molar-refractivity contribution in [1.82, 2.24) is 14.9 Å². The van der Waals surface area contributed by atoms with Gasteiger partial charge in [-0.05, 0) is 12.0 Å². The van der Waals surface area contributed by atoms with Crippen LogP contribution in [-0.4, -0.2) is 66.9 Å². The molecule has 0 aliphatic carbocycles. The van der Waals surface area contributed by atoms with Crippen LogP contribution in [0, 0.1) is 0 Å². The van der Waals surface area contributed by atoms with Gasteiger partial charge < -0.3 is 19.4 Å². The fourth-order valence-corrected chi connectivity index (χ4v) is 4.75. The van der Waals surface area contributed by atoms with E-state index in [1.54, 1.807) is 25.2 Å². The summed E-state index contributed by atoms with van der Waals surface area (Å²) in [5, 5.41) is 0.707. The standard InChI is InChI=1S/C18H19N5O4S/c1-21-9-14(24)22(2)17-15(16(21)25)10-4-5-23(8-12(10)28-17)13-7-19-11(6-20-13)18(26)27-3/h6-7H,4-5,8-9H2,1-3H3. The number of carbonyl (C=O) groups is 3. The summed E-state index contributed by atoms with van der Waals surface area (Å²) in [6.45, 7) is 1.31. The second-order valence-corrected chi connectivity index (χ2v) is 7.80. The number of hydrogen-bond donors (Lipinski definition) is 0. The molecule has 4 heterocycles. The summed E-state index contributed by atoms with van der Waals surface area (Å²) in [6, 6.07) is 0. The number of rotatable bonds is 2. The molecule has 0 fully saturated rings. The van der Waals surface area contributed by atoms with Crippen molar-refractivity contribution in [2.24, 2.45) is 0 Å². The molecule has 0 atom stereocenters. The first-order chi connectivity index (χ1) is 13.4. The van der Waals surface area contributed by atoms with Crippen molar-refractivity contribution in [3.05, 3.63) is 34.1 Å². The zero-order chi connectivity index (χ0) is 20.0. The van der Waals surface area contributed by atoms with E-state index >= 15 is 0 Å². The predicted octanol–water partition coefficient (Wildman–Crippen LogP) is 0.936. The molecule has 2 amide bonds. The maximum absolute atomic E-state index is 12.8. The molecule has 146 valence electrons. The summed E-state index contributed by atoms with van der Waals surface area (Å²) in [5.41, 5.74) is 1.80. The predicted molar refractivity (Wildman–Crippen MR) is 103 cm³/mol. The highest BCUT2D eigenvalue weighted by Crippen LogP contribution is 2.41. The Hall–Kier alpha value is -3.01. The van der Waals surface area contributed by atoms with E-state index in [1.807, 2.05) is 4.90 Å². The van der Waals surface area contributed by atoms with Gasteiger partial charge in [0, 0.05) is 25.5 Å². The van der Waals surface area contributed by atoms with Crippen LogP contribution in [0.15, 0.2) is 12.4 Å². The number of esters is 1. The fourth-order valence-electron chi connectivity index (χ4n) is 3.42. The average molecular weight is 401 g/mol. The highest BCUT2D eigenvalue weighted by atomic mass is 32.1. The van der Waals surface area contributed by atoms with Crippen LogP contribution in [0.1, 0.15) is 31.3 Å². The Morgan fingerprint density at radius 1 is 1.18 bits per heavy atom. The van der Waals surface area contributed by atoms with Gasteiger partial charge in [0.2, 0.25) is 5.91 Å². The minimum Gasteiger partial charge on any atom is -0.464 e. The maximum atomic E-state index is 12.8. The third-order valence-electron chi connectivity index (χ3n) is 5.01. The summed E-state index contributed by atoms with van der Waals surface area (Å²) < 4.78 is 4.64. The van der Waals surface area contributed by atoms with Crippen LogP contribution < -0.4 is 9.80 Å². The van der Waals surface area contributed by atoms with Crippen LogP contribution >= 0.6 is 11.3 Å². The summed E-state index contributed by atoms with van der Waals surface area (Å²) in [7, 11) is 4.66. The molecule has 2 aromatic heterocycles. The molecule has 0 radical (unpaired) electrons. The number of methoxy groups -OCH3 is 1. The van der Waals surface area contributed by atoms with Gasteiger partial charge in [-0.3, -0.25) is 9.59 Å². The maximum Gasteiger partial charge on any atom is 0.358 e. The molecule has 0 aromatic carbocycles. The van der Waals surface area contributed by atoms with Gasteiger partial charge >= 0.3 is 5.97 Å². The van der Waals surface area contributed by atoms with Crippen molar-refractivity contribution in [3.63, 3.8) is 0 Å². The van der Waals surface area contributed by atoms with E-state index in [9.17, 15) is 14.4 Å². The number of carbonyl (C=O) groups excluding carboxylic acids is 3. The van der Waals surface area contributed by atoms with Gasteiger partial charge in [0.25, 0.3) is 5.91 Å². The number of aromatic nitrogens is 2. The van der Waals surface area contributed by atoms with E-state index in [1.165, 1.54) is 29.5 Å². The molecule has 2 aliphatic heterocycles. The largest absolute Gasteiger partial charge is 0.464 e. The van der Waals surface area contributed by atoms with Gasteiger partial charge in [-0.15, -0.1) is 11.3 Å². The molecule has 28 heavy (non-hydrogen) atoms. The molecule has 10 heteroatoms. The molecule has 0 saturated heterocycles. The Bertz CT molecular complexity index is 971. The molecule has 4 rings (SSSR count). The lowest BCUT2D eigenvalue weighted by atomic mass is 10.0. The van der Waals surface area contributed by atoms with Crippen LogP contribution in [0.4, 0.5) is 10.8 Å². The number of anilines is 2. The average Bonchev–Trinajstić information content (AvgIpc) is 3.07. The van der Waals surface area contributed by atoms with Gasteiger partial charge in [-0.25, -0.2) is 14.8 Å². The fraction of sp³-hybridized carbons (Fsp3) is 0.389. The number of thiophene rings is 1. The summed E-state index contributed by atoms with van der Waals surface area (Å²) in [4.78, 5) is 51.2. The van der Waals surface area contributed by atoms with E-state index < -0.39 is 5.97 Å². The second-order valence-electron chi connectivity index (χ2n) is 6.72. The van der Waals surface area contributed by atoms with Crippen molar-refractivity contribution in [2.75, 3.05) is 44.1 Å². The smallest absolute Gasteiger partial charge is 0.358 e. The number of fused-ring (bicyclic) bond motifs is 3. The molecule has 2 aliphatic rings. The number of amides is 2. The monoisotopic (exact) mass is 401 g/mol. The minimum absolute atomic E-state index is 0.0831. The minimum atomic E-state index is -0.530. The van der Waals surface area contributed by atoms with Crippen molar-refractivity contribution < 1.29 is 19.1 Å². The Morgan fingerprint density at radius 3 is 2.64 bits per heavy atom. The Labute approximate surface area is 165 Å². The topological polar surface area (TPSA) is 95.9 Å². The SMILES string of the molecule is COC(=O)c1cnc(N2CCc3c(sc4c3C(=O)N(C)CC(=O)N4C)C2)cn1. The van der Waals surface area contributed by atoms with Crippen molar-refractivity contribution in [2.45, 2.75) is 13.0 Å². The van der Waals surface area contributed by atoms with Crippen LogP contribution in [0.25, 0.3) is 0 Å². The third kappa shape index (κ3) is 2.89. The summed E-state index contributed by atoms with van der Waals surface area (Å²) in [6.07, 6.45) is 3.61. The Morgan fingerprint density at radius 2 is 1.96 bits per heavy atom. The Kier molecular flexibility index (Phi) is 4.50. The molecule has 2 aromatic rings. The highest BCUT2D eigenvalue weighted by Gasteiger charge is 2.35. The Balaban J connectivity index is 1.65. The van der Waals surface area contributed by atoms with Gasteiger partial charge in [0.05, 0.1) is 31.6 Å². The number of ether oxygens (including phenoxy) is 1. The molecule has 0 unspecified atom stereocenters. The normalized spacial score (nSPS) is 16.6. The van der Waals surface area contributed by atoms with Crippen LogP contribution in [0.3, 0.4) is 0 Å². The first-order valence-corrected chi connectivity index (χ1v) is 9.54. The quantitative estimate of drug-likeness (QED) is 0.691. The zero-order valence-electron chi connectivity index (χ0n) is 15.8. The molecular weight excluding hydrogens is 382 g/mol. The molecule has 0 spiro atoms. The summed E-state index contributed by atoms with van der Waals surface area (Å²) in [5.74, 6) is -0.0951. The van der Waals surface area contributed by atoms with E-state index in [0.717, 1.165) is 10.4 Å². The van der Waals surface area contributed by atoms with Crippen molar-refractivity contribution >= 4 is 39.9 Å². The molecule has 0 bridgehead atoms. The zero-order valence-corrected chi connectivity index (χ0v) is 16.6. The molecular formula is C18H19N5O4S. The highest BCUT2D eigenvalue weighted by molar-refractivity contribution is 7.17. The van der Waals surface area contributed by atoms with E-state index in [4.69, 9.17) is 0 Å². The number of likely N-dealkylation sites (N-methyl/N-ethyl adjacent to an activating group) is 2. The molecule has 0 N–H and O–H groups in total. The molecule has 9 nitrogen and oxygen atoms in total. The van der Waals surface area contributed by atoms with Crippen molar-refractivity contribution in [3.8, 4) is 0 Å². The van der Waals surface area contributed by atoms with Gasteiger partial charge in [-0.1, -0.05) is 0 Å². The first-order valence-electron chi connectivity index (χ1n) is 8.72. The lowest BCUT2D eigenvalue weighted by Gasteiger charge is -2.28. The van der Waals surface area contributed by atoms with Crippen molar-refractivity contribution in [1.29, 1.82) is 0 Å². The molecule has 0 saturated carbocycles. The van der Waals surface area contributed by atoms with Crippen LogP contribution in [-0.2, 0) is 22.5 Å². The van der Waals surface area contributed by atoms with Gasteiger partial charge in [0.1, 0.15) is 17.4 Å². The van der Waals surface area contributed by atoms with Crippen LogP contribution in [0.2, 0.25) is 0 Å².